The van der Waals surface area contributed by atoms with E-state index in [9.17, 15) is 9.59 Å². The van der Waals surface area contributed by atoms with Crippen LogP contribution in [0.2, 0.25) is 0 Å². The molecule has 74 valence electrons. The summed E-state index contributed by atoms with van der Waals surface area (Å²) in [6.07, 6.45) is 1.74. The van der Waals surface area contributed by atoms with E-state index in [1.807, 2.05) is 0 Å². The molecule has 0 atom stereocenters. The van der Waals surface area contributed by atoms with E-state index in [4.69, 9.17) is 0 Å². The summed E-state index contributed by atoms with van der Waals surface area (Å²) in [4.78, 5) is 21.9. The quantitative estimate of drug-likeness (QED) is 0.811. The molecule has 3 nitrogen and oxygen atoms in total. The third-order valence-corrected chi connectivity index (χ3v) is 2.23. The Bertz CT molecular complexity index is 346. The van der Waals surface area contributed by atoms with E-state index in [1.165, 1.54) is 18.7 Å². The molecule has 0 bridgehead atoms. The molecule has 0 heterocycles. The molecular formula is C10H11NO2S. The van der Waals surface area contributed by atoms with Gasteiger partial charge >= 0.3 is 0 Å². The first-order valence-electron chi connectivity index (χ1n) is 4.09. The van der Waals surface area contributed by atoms with Crippen molar-refractivity contribution in [3.05, 3.63) is 29.8 Å². The summed E-state index contributed by atoms with van der Waals surface area (Å²) in [5.74, 6) is -0.117. The topological polar surface area (TPSA) is 46.2 Å². The fraction of sp³-hybridized carbons (Fsp3) is 0.200. The van der Waals surface area contributed by atoms with Crippen LogP contribution in [0.25, 0.3) is 0 Å². The fourth-order valence-electron chi connectivity index (χ4n) is 1.01. The molecule has 1 aromatic rings. The smallest absolute Gasteiger partial charge is 0.221 e. The zero-order valence-electron chi connectivity index (χ0n) is 8.03. The maximum Gasteiger partial charge on any atom is 0.221 e. The molecule has 0 aliphatic carbocycles. The van der Waals surface area contributed by atoms with E-state index in [0.29, 0.717) is 11.3 Å². The van der Waals surface area contributed by atoms with Crippen LogP contribution in [0, 0.1) is 0 Å². The molecule has 14 heavy (non-hydrogen) atoms. The number of carbonyl (C=O) groups is 2. The number of anilines is 1. The van der Waals surface area contributed by atoms with E-state index >= 15 is 0 Å². The molecule has 0 radical (unpaired) electrons. The molecule has 1 N–H and O–H groups in total. The average Bonchev–Trinajstić information content (AvgIpc) is 2.17. The normalized spacial score (nSPS) is 9.57. The standard InChI is InChI=1S/C10H11NO2S/c1-7(12)11-9-5-3-8(4-6-9)10(13)14-2/h3-6H,1-2H3,(H,11,12). The van der Waals surface area contributed by atoms with Crippen LogP contribution in [0.1, 0.15) is 17.3 Å². The summed E-state index contributed by atoms with van der Waals surface area (Å²) in [7, 11) is 0. The van der Waals surface area contributed by atoms with Gasteiger partial charge in [0.25, 0.3) is 0 Å². The third-order valence-electron chi connectivity index (χ3n) is 1.63. The van der Waals surface area contributed by atoms with Gasteiger partial charge in [0.15, 0.2) is 0 Å². The first-order valence-corrected chi connectivity index (χ1v) is 5.32. The predicted molar refractivity (Wildman–Crippen MR) is 58.6 cm³/mol. The number of thioether (sulfide) groups is 1. The molecule has 0 aromatic heterocycles. The second kappa shape index (κ2) is 4.81. The number of amides is 1. The Labute approximate surface area is 86.9 Å². The second-order valence-corrected chi connectivity index (χ2v) is 3.53. The van der Waals surface area contributed by atoms with Crippen LogP contribution in [0.5, 0.6) is 0 Å². The Balaban J connectivity index is 2.78. The van der Waals surface area contributed by atoms with Gasteiger partial charge in [0.1, 0.15) is 0 Å². The van der Waals surface area contributed by atoms with Crippen LogP contribution >= 0.6 is 11.8 Å². The van der Waals surface area contributed by atoms with Gasteiger partial charge in [0, 0.05) is 18.2 Å². The van der Waals surface area contributed by atoms with Crippen molar-refractivity contribution in [2.24, 2.45) is 0 Å². The maximum atomic E-state index is 11.2. The minimum absolute atomic E-state index is 0.0272. The van der Waals surface area contributed by atoms with Crippen molar-refractivity contribution < 1.29 is 9.59 Å². The van der Waals surface area contributed by atoms with E-state index in [1.54, 1.807) is 30.5 Å². The van der Waals surface area contributed by atoms with Gasteiger partial charge in [-0.2, -0.15) is 0 Å². The van der Waals surface area contributed by atoms with Crippen LogP contribution in [-0.2, 0) is 4.79 Å². The van der Waals surface area contributed by atoms with E-state index in [-0.39, 0.29) is 11.0 Å². The van der Waals surface area contributed by atoms with Gasteiger partial charge in [-0.15, -0.1) is 0 Å². The van der Waals surface area contributed by atoms with Crippen LogP contribution in [-0.4, -0.2) is 17.3 Å². The van der Waals surface area contributed by atoms with Crippen LogP contribution in [0.15, 0.2) is 24.3 Å². The summed E-state index contributed by atoms with van der Waals surface area (Å²) in [6, 6.07) is 6.82. The molecule has 0 spiro atoms. The molecule has 1 amide bonds. The lowest BCUT2D eigenvalue weighted by molar-refractivity contribution is -0.114. The zero-order chi connectivity index (χ0) is 10.6. The molecule has 0 saturated carbocycles. The Hall–Kier alpha value is -1.29. The Kier molecular flexibility index (Phi) is 3.71. The summed E-state index contributed by atoms with van der Waals surface area (Å²) in [5.41, 5.74) is 1.35. The molecule has 0 aliphatic heterocycles. The van der Waals surface area contributed by atoms with Crippen LogP contribution in [0.3, 0.4) is 0 Å². The van der Waals surface area contributed by atoms with Crippen molar-refractivity contribution in [2.75, 3.05) is 11.6 Å². The summed E-state index contributed by atoms with van der Waals surface area (Å²) in [6.45, 7) is 1.45. The van der Waals surface area contributed by atoms with Crippen molar-refractivity contribution >= 4 is 28.5 Å². The lowest BCUT2D eigenvalue weighted by Crippen LogP contribution is -2.05. The Morgan fingerprint density at radius 2 is 1.79 bits per heavy atom. The lowest BCUT2D eigenvalue weighted by Gasteiger charge is -2.02. The first-order chi connectivity index (χ1) is 6.63. The van der Waals surface area contributed by atoms with E-state index in [2.05, 4.69) is 5.32 Å². The van der Waals surface area contributed by atoms with Crippen LogP contribution in [0.4, 0.5) is 5.69 Å². The van der Waals surface area contributed by atoms with Crippen LogP contribution < -0.4 is 5.32 Å². The fourth-order valence-corrected chi connectivity index (χ4v) is 1.38. The molecule has 0 fully saturated rings. The highest BCUT2D eigenvalue weighted by Gasteiger charge is 2.03. The molecule has 0 saturated heterocycles. The van der Waals surface area contributed by atoms with E-state index < -0.39 is 0 Å². The monoisotopic (exact) mass is 209 g/mol. The number of hydrogen-bond acceptors (Lipinski definition) is 3. The molecule has 0 aliphatic rings. The summed E-state index contributed by atoms with van der Waals surface area (Å²) in [5, 5.41) is 2.66. The maximum absolute atomic E-state index is 11.2. The summed E-state index contributed by atoms with van der Waals surface area (Å²) < 4.78 is 0. The SMILES string of the molecule is CSC(=O)c1ccc(NC(C)=O)cc1. The highest BCUT2D eigenvalue weighted by Crippen LogP contribution is 2.13. The first kappa shape index (κ1) is 10.8. The van der Waals surface area contributed by atoms with E-state index in [0.717, 1.165) is 0 Å². The molecule has 0 unspecified atom stereocenters. The number of rotatable bonds is 2. The van der Waals surface area contributed by atoms with Crippen molar-refractivity contribution in [3.8, 4) is 0 Å². The van der Waals surface area contributed by atoms with Crippen molar-refractivity contribution in [3.63, 3.8) is 0 Å². The Morgan fingerprint density at radius 1 is 1.21 bits per heavy atom. The van der Waals surface area contributed by atoms with Crippen molar-refractivity contribution in [2.45, 2.75) is 6.92 Å². The van der Waals surface area contributed by atoms with Gasteiger partial charge in [0.05, 0.1) is 0 Å². The highest BCUT2D eigenvalue weighted by molar-refractivity contribution is 8.13. The van der Waals surface area contributed by atoms with Crippen molar-refractivity contribution in [1.82, 2.24) is 0 Å². The average molecular weight is 209 g/mol. The highest BCUT2D eigenvalue weighted by atomic mass is 32.2. The predicted octanol–water partition coefficient (Wildman–Crippen LogP) is 2.15. The zero-order valence-corrected chi connectivity index (χ0v) is 8.85. The number of nitrogens with one attached hydrogen (secondary N) is 1. The van der Waals surface area contributed by atoms with Gasteiger partial charge in [0.2, 0.25) is 11.0 Å². The summed E-state index contributed by atoms with van der Waals surface area (Å²) >= 11 is 1.17. The molecule has 4 heteroatoms. The van der Waals surface area contributed by atoms with Crippen molar-refractivity contribution in [1.29, 1.82) is 0 Å². The third kappa shape index (κ3) is 2.88. The lowest BCUT2D eigenvalue weighted by atomic mass is 10.2. The molecule has 1 rings (SSSR count). The second-order valence-electron chi connectivity index (χ2n) is 2.75. The minimum atomic E-state index is -0.117. The molecule has 1 aromatic carbocycles. The van der Waals surface area contributed by atoms with Gasteiger partial charge in [-0.05, 0) is 30.5 Å². The number of benzene rings is 1. The molecular weight excluding hydrogens is 198 g/mol. The van der Waals surface area contributed by atoms with Gasteiger partial charge < -0.3 is 5.32 Å². The van der Waals surface area contributed by atoms with Gasteiger partial charge in [-0.25, -0.2) is 0 Å². The Morgan fingerprint density at radius 3 is 2.21 bits per heavy atom. The largest absolute Gasteiger partial charge is 0.326 e. The van der Waals surface area contributed by atoms with Gasteiger partial charge in [-0.3, -0.25) is 9.59 Å². The number of hydrogen-bond donors (Lipinski definition) is 1. The minimum Gasteiger partial charge on any atom is -0.326 e. The number of carbonyl (C=O) groups excluding carboxylic acids is 2. The van der Waals surface area contributed by atoms with Gasteiger partial charge in [-0.1, -0.05) is 11.8 Å².